The standard InChI is InChI=1S/C21H16F3N5O2/c1-10-7-11(8-13(22)16(10)19(25)30)28-20-21-27-9-14(29(21)6-5-26-20)12-3-4-15(31-2)18(24)17(12)23/h3-9H,1-2H3,(H2,25,30)(H,26,28). The molecule has 2 aromatic heterocycles. The molecule has 0 aliphatic carbocycles. The number of hydrogen-bond donors (Lipinski definition) is 2. The van der Waals surface area contributed by atoms with E-state index in [2.05, 4.69) is 15.3 Å². The molecule has 3 N–H and O–H groups in total. The first-order chi connectivity index (χ1) is 14.8. The number of benzene rings is 2. The summed E-state index contributed by atoms with van der Waals surface area (Å²) in [5.41, 5.74) is 6.23. The Labute approximate surface area is 174 Å². The first-order valence-electron chi connectivity index (χ1n) is 9.03. The van der Waals surface area contributed by atoms with Crippen molar-refractivity contribution < 1.29 is 22.7 Å². The van der Waals surface area contributed by atoms with Crippen molar-refractivity contribution in [2.45, 2.75) is 6.92 Å². The highest BCUT2D eigenvalue weighted by Crippen LogP contribution is 2.31. The number of carbonyl (C=O) groups is 1. The summed E-state index contributed by atoms with van der Waals surface area (Å²) >= 11 is 0. The number of nitrogens with two attached hydrogens (primary N) is 1. The maximum absolute atomic E-state index is 14.6. The van der Waals surface area contributed by atoms with Gasteiger partial charge < -0.3 is 15.8 Å². The molecule has 0 aliphatic heterocycles. The molecule has 0 saturated carbocycles. The Balaban J connectivity index is 1.77. The summed E-state index contributed by atoms with van der Waals surface area (Å²) in [5, 5.41) is 2.93. The van der Waals surface area contributed by atoms with Crippen molar-refractivity contribution >= 4 is 23.1 Å². The number of anilines is 2. The number of primary amides is 1. The number of ether oxygens (including phenoxy) is 1. The molecular formula is C21H16F3N5O2. The third-order valence-corrected chi connectivity index (χ3v) is 4.77. The number of methoxy groups -OCH3 is 1. The zero-order valence-corrected chi connectivity index (χ0v) is 16.4. The van der Waals surface area contributed by atoms with E-state index in [1.807, 2.05) is 0 Å². The van der Waals surface area contributed by atoms with E-state index in [9.17, 15) is 18.0 Å². The number of aryl methyl sites for hydroxylation is 1. The number of halogens is 3. The van der Waals surface area contributed by atoms with E-state index in [1.165, 1.54) is 48.3 Å². The van der Waals surface area contributed by atoms with Crippen LogP contribution in [-0.4, -0.2) is 27.4 Å². The van der Waals surface area contributed by atoms with E-state index in [-0.39, 0.29) is 28.4 Å². The molecule has 158 valence electrons. The first kappa shape index (κ1) is 20.2. The van der Waals surface area contributed by atoms with Gasteiger partial charge in [0.2, 0.25) is 5.82 Å². The van der Waals surface area contributed by atoms with Crippen molar-refractivity contribution in [2.24, 2.45) is 5.73 Å². The fourth-order valence-electron chi connectivity index (χ4n) is 3.36. The van der Waals surface area contributed by atoms with Gasteiger partial charge in [-0.1, -0.05) is 0 Å². The van der Waals surface area contributed by atoms with Crippen LogP contribution in [0.25, 0.3) is 16.9 Å². The predicted molar refractivity (Wildman–Crippen MR) is 108 cm³/mol. The van der Waals surface area contributed by atoms with Gasteiger partial charge in [-0.2, -0.15) is 4.39 Å². The molecule has 2 aromatic carbocycles. The van der Waals surface area contributed by atoms with Gasteiger partial charge in [-0.25, -0.2) is 18.7 Å². The fourth-order valence-corrected chi connectivity index (χ4v) is 3.36. The molecule has 0 bridgehead atoms. The maximum atomic E-state index is 14.6. The smallest absolute Gasteiger partial charge is 0.251 e. The van der Waals surface area contributed by atoms with Crippen molar-refractivity contribution in [3.63, 3.8) is 0 Å². The van der Waals surface area contributed by atoms with Crippen LogP contribution in [0.5, 0.6) is 5.75 Å². The van der Waals surface area contributed by atoms with Crippen LogP contribution < -0.4 is 15.8 Å². The predicted octanol–water partition coefficient (Wildman–Crippen LogP) is 3.97. The molecule has 10 heteroatoms. The number of carbonyl (C=O) groups excluding carboxylic acids is 1. The van der Waals surface area contributed by atoms with Gasteiger partial charge in [-0.3, -0.25) is 9.20 Å². The number of nitrogens with zero attached hydrogens (tertiary/aromatic N) is 3. The summed E-state index contributed by atoms with van der Waals surface area (Å²) < 4.78 is 49.3. The monoisotopic (exact) mass is 427 g/mol. The molecule has 31 heavy (non-hydrogen) atoms. The fraction of sp³-hybridized carbons (Fsp3) is 0.0952. The molecule has 2 heterocycles. The zero-order valence-electron chi connectivity index (χ0n) is 16.4. The van der Waals surface area contributed by atoms with Crippen molar-refractivity contribution in [2.75, 3.05) is 12.4 Å². The van der Waals surface area contributed by atoms with Crippen LogP contribution in [0, 0.1) is 24.4 Å². The van der Waals surface area contributed by atoms with Gasteiger partial charge in [0.1, 0.15) is 5.82 Å². The Morgan fingerprint density at radius 2 is 1.94 bits per heavy atom. The number of imidazole rings is 1. The molecule has 4 aromatic rings. The summed E-state index contributed by atoms with van der Waals surface area (Å²) in [6, 6.07) is 5.35. The van der Waals surface area contributed by atoms with Crippen molar-refractivity contribution in [1.29, 1.82) is 0 Å². The molecule has 0 aliphatic rings. The number of fused-ring (bicyclic) bond motifs is 1. The summed E-state index contributed by atoms with van der Waals surface area (Å²) in [4.78, 5) is 19.8. The lowest BCUT2D eigenvalue weighted by molar-refractivity contribution is 0.0996. The van der Waals surface area contributed by atoms with Gasteiger partial charge in [-0.15, -0.1) is 0 Å². The normalized spacial score (nSPS) is 11.0. The third kappa shape index (κ3) is 3.41. The average molecular weight is 427 g/mol. The lowest BCUT2D eigenvalue weighted by Crippen LogP contribution is -2.15. The highest BCUT2D eigenvalue weighted by Gasteiger charge is 2.19. The van der Waals surface area contributed by atoms with E-state index in [1.54, 1.807) is 6.92 Å². The van der Waals surface area contributed by atoms with Crippen LogP contribution in [0.1, 0.15) is 15.9 Å². The number of hydrogen-bond acceptors (Lipinski definition) is 5. The van der Waals surface area contributed by atoms with Crippen LogP contribution in [0.15, 0.2) is 42.9 Å². The minimum atomic E-state index is -1.11. The second kappa shape index (κ2) is 7.63. The largest absolute Gasteiger partial charge is 0.494 e. The quantitative estimate of drug-likeness (QED) is 0.503. The topological polar surface area (TPSA) is 94.5 Å². The van der Waals surface area contributed by atoms with Gasteiger partial charge in [-0.05, 0) is 36.8 Å². The molecule has 4 rings (SSSR count). The van der Waals surface area contributed by atoms with Gasteiger partial charge in [0, 0.05) is 23.6 Å². The SMILES string of the molecule is COc1ccc(-c2cnc3c(Nc4cc(C)c(C(N)=O)c(F)c4)nccn23)c(F)c1F. The molecule has 0 fully saturated rings. The number of rotatable bonds is 5. The number of amides is 1. The van der Waals surface area contributed by atoms with Gasteiger partial charge >= 0.3 is 0 Å². The molecule has 0 unspecified atom stereocenters. The van der Waals surface area contributed by atoms with E-state index in [0.29, 0.717) is 16.9 Å². The van der Waals surface area contributed by atoms with Crippen molar-refractivity contribution in [3.05, 3.63) is 71.4 Å². The molecule has 0 saturated heterocycles. The van der Waals surface area contributed by atoms with E-state index < -0.39 is 23.4 Å². The van der Waals surface area contributed by atoms with Crippen LogP contribution >= 0.6 is 0 Å². The van der Waals surface area contributed by atoms with Crippen molar-refractivity contribution in [3.8, 4) is 17.0 Å². The Bertz CT molecular complexity index is 1310. The molecule has 0 spiro atoms. The minimum absolute atomic E-state index is 0.0179. The van der Waals surface area contributed by atoms with Gasteiger partial charge in [0.15, 0.2) is 23.0 Å². The Hall–Kier alpha value is -4.08. The molecule has 1 amide bonds. The summed E-state index contributed by atoms with van der Waals surface area (Å²) in [7, 11) is 1.25. The molecule has 7 nitrogen and oxygen atoms in total. The van der Waals surface area contributed by atoms with Crippen LogP contribution in [-0.2, 0) is 0 Å². The third-order valence-electron chi connectivity index (χ3n) is 4.77. The highest BCUT2D eigenvalue weighted by atomic mass is 19.2. The number of nitrogens with one attached hydrogen (secondary N) is 1. The highest BCUT2D eigenvalue weighted by molar-refractivity contribution is 5.95. The average Bonchev–Trinajstić information content (AvgIpc) is 3.14. The van der Waals surface area contributed by atoms with E-state index >= 15 is 0 Å². The Morgan fingerprint density at radius 1 is 1.16 bits per heavy atom. The maximum Gasteiger partial charge on any atom is 0.251 e. The first-order valence-corrected chi connectivity index (χ1v) is 9.03. The summed E-state index contributed by atoms with van der Waals surface area (Å²) in [6.45, 7) is 1.55. The van der Waals surface area contributed by atoms with Crippen LogP contribution in [0.4, 0.5) is 24.7 Å². The van der Waals surface area contributed by atoms with Crippen LogP contribution in [0.2, 0.25) is 0 Å². The second-order valence-electron chi connectivity index (χ2n) is 6.70. The number of aromatic nitrogens is 3. The Kier molecular flexibility index (Phi) is 4.97. The summed E-state index contributed by atoms with van der Waals surface area (Å²) in [6.07, 6.45) is 4.33. The van der Waals surface area contributed by atoms with E-state index in [4.69, 9.17) is 10.5 Å². The van der Waals surface area contributed by atoms with Crippen molar-refractivity contribution in [1.82, 2.24) is 14.4 Å². The van der Waals surface area contributed by atoms with Gasteiger partial charge in [0.05, 0.1) is 24.6 Å². The lowest BCUT2D eigenvalue weighted by Gasteiger charge is -2.11. The lowest BCUT2D eigenvalue weighted by atomic mass is 10.1. The minimum Gasteiger partial charge on any atom is -0.494 e. The van der Waals surface area contributed by atoms with Crippen LogP contribution in [0.3, 0.4) is 0 Å². The zero-order chi connectivity index (χ0) is 22.3. The van der Waals surface area contributed by atoms with Gasteiger partial charge in [0.25, 0.3) is 5.91 Å². The van der Waals surface area contributed by atoms with E-state index in [0.717, 1.165) is 6.07 Å². The Morgan fingerprint density at radius 3 is 2.61 bits per heavy atom. The second-order valence-corrected chi connectivity index (χ2v) is 6.70. The summed E-state index contributed by atoms with van der Waals surface area (Å²) in [5.74, 6) is -3.80. The molecular weight excluding hydrogens is 411 g/mol. The molecule has 0 atom stereocenters. The molecule has 0 radical (unpaired) electrons.